The molecule has 24 heavy (non-hydrogen) atoms. The summed E-state index contributed by atoms with van der Waals surface area (Å²) < 4.78 is 0. The third-order valence-corrected chi connectivity index (χ3v) is 5.37. The van der Waals surface area contributed by atoms with Crippen molar-refractivity contribution in [3.05, 3.63) is 41.7 Å². The molecule has 0 unspecified atom stereocenters. The fourth-order valence-electron chi connectivity index (χ4n) is 3.07. The highest BCUT2D eigenvalue weighted by Crippen LogP contribution is 2.36. The first-order valence-corrected chi connectivity index (χ1v) is 9.18. The van der Waals surface area contributed by atoms with Crippen molar-refractivity contribution in [2.45, 2.75) is 24.8 Å². The zero-order chi connectivity index (χ0) is 17.1. The molecule has 1 aliphatic heterocycles. The summed E-state index contributed by atoms with van der Waals surface area (Å²) in [5.74, 6) is 2.73. The van der Waals surface area contributed by atoms with Crippen LogP contribution in [0.25, 0.3) is 0 Å². The van der Waals surface area contributed by atoms with Gasteiger partial charge in [-0.3, -0.25) is 4.90 Å². The zero-order valence-electron chi connectivity index (χ0n) is 14.4. The maximum Gasteiger partial charge on any atom is 0.229 e. The topological polar surface area (TPSA) is 71.2 Å². The molecule has 1 fully saturated rings. The summed E-state index contributed by atoms with van der Waals surface area (Å²) >= 11 is 2.02. The molecule has 3 rings (SSSR count). The summed E-state index contributed by atoms with van der Waals surface area (Å²) in [6.07, 6.45) is 0. The highest BCUT2D eigenvalue weighted by Gasteiger charge is 2.31. The molecule has 2 atom stereocenters. The van der Waals surface area contributed by atoms with E-state index in [9.17, 15) is 0 Å². The van der Waals surface area contributed by atoms with E-state index >= 15 is 0 Å². The highest BCUT2D eigenvalue weighted by molar-refractivity contribution is 8.00. The molecule has 0 spiro atoms. The number of hydrogen-bond acceptors (Lipinski definition) is 7. The molecule has 1 aromatic heterocycles. The Hall–Kier alpha value is -1.86. The molecule has 0 radical (unpaired) electrons. The van der Waals surface area contributed by atoms with Crippen LogP contribution in [0.3, 0.4) is 0 Å². The number of nitrogen functional groups attached to an aromatic ring is 1. The summed E-state index contributed by atoms with van der Waals surface area (Å²) in [5, 5.41) is 0.522. The van der Waals surface area contributed by atoms with Crippen LogP contribution in [0.15, 0.2) is 30.3 Å². The van der Waals surface area contributed by atoms with Crippen LogP contribution in [0.4, 0.5) is 11.9 Å². The number of rotatable bonds is 4. The van der Waals surface area contributed by atoms with Crippen molar-refractivity contribution in [2.75, 3.05) is 37.0 Å². The summed E-state index contributed by atoms with van der Waals surface area (Å²) in [5.41, 5.74) is 7.20. The number of anilines is 2. The van der Waals surface area contributed by atoms with Gasteiger partial charge in [-0.25, -0.2) is 0 Å². The minimum atomic E-state index is 0.277. The van der Waals surface area contributed by atoms with Crippen molar-refractivity contribution in [3.63, 3.8) is 0 Å². The highest BCUT2D eigenvalue weighted by atomic mass is 32.2. The van der Waals surface area contributed by atoms with Gasteiger partial charge in [-0.2, -0.15) is 26.7 Å². The monoisotopic (exact) mass is 344 g/mol. The molecule has 1 aliphatic rings. The Morgan fingerprint density at radius 2 is 1.96 bits per heavy atom. The molecule has 2 aromatic rings. The molecule has 7 heteroatoms. The minimum Gasteiger partial charge on any atom is -0.368 e. The van der Waals surface area contributed by atoms with Gasteiger partial charge in [0.25, 0.3) is 0 Å². The molecule has 2 N–H and O–H groups in total. The van der Waals surface area contributed by atoms with Gasteiger partial charge in [0.15, 0.2) is 0 Å². The van der Waals surface area contributed by atoms with Crippen LogP contribution in [0, 0.1) is 0 Å². The van der Waals surface area contributed by atoms with Gasteiger partial charge in [-0.05, 0) is 5.56 Å². The zero-order valence-corrected chi connectivity index (χ0v) is 15.2. The fourth-order valence-corrected chi connectivity index (χ4v) is 4.29. The fraction of sp³-hybridized carbons (Fsp3) is 0.471. The van der Waals surface area contributed by atoms with E-state index in [1.165, 1.54) is 5.56 Å². The van der Waals surface area contributed by atoms with Gasteiger partial charge in [-0.15, -0.1) is 0 Å². The second-order valence-corrected chi connectivity index (χ2v) is 7.69. The third-order valence-electron chi connectivity index (χ3n) is 4.17. The summed E-state index contributed by atoms with van der Waals surface area (Å²) in [4.78, 5) is 17.4. The SMILES string of the molecule is C[C@H]1SCCN(Cc2nc(N)nc(N(C)C)n2)[C@H]1c1ccccc1. The van der Waals surface area contributed by atoms with E-state index in [1.807, 2.05) is 30.8 Å². The van der Waals surface area contributed by atoms with Crippen molar-refractivity contribution < 1.29 is 0 Å². The molecular weight excluding hydrogens is 320 g/mol. The van der Waals surface area contributed by atoms with Gasteiger partial charge in [0.05, 0.1) is 6.54 Å². The van der Waals surface area contributed by atoms with E-state index in [2.05, 4.69) is 57.1 Å². The molecule has 0 amide bonds. The Labute approximate surface area is 147 Å². The smallest absolute Gasteiger partial charge is 0.229 e. The lowest BCUT2D eigenvalue weighted by atomic mass is 10.0. The lowest BCUT2D eigenvalue weighted by Crippen LogP contribution is -2.40. The molecule has 2 heterocycles. The maximum atomic E-state index is 5.86. The van der Waals surface area contributed by atoms with Gasteiger partial charge in [0, 0.05) is 37.7 Å². The maximum absolute atomic E-state index is 5.86. The van der Waals surface area contributed by atoms with E-state index in [0.717, 1.165) is 18.1 Å². The van der Waals surface area contributed by atoms with Gasteiger partial charge in [0.1, 0.15) is 5.82 Å². The first-order chi connectivity index (χ1) is 11.5. The Morgan fingerprint density at radius 1 is 1.21 bits per heavy atom. The minimum absolute atomic E-state index is 0.277. The number of nitrogens with two attached hydrogens (primary N) is 1. The first-order valence-electron chi connectivity index (χ1n) is 8.13. The van der Waals surface area contributed by atoms with Crippen molar-refractivity contribution in [1.82, 2.24) is 19.9 Å². The normalized spacial score (nSPS) is 21.6. The molecule has 0 saturated carbocycles. The second kappa shape index (κ2) is 7.36. The van der Waals surface area contributed by atoms with Crippen LogP contribution in [-0.2, 0) is 6.54 Å². The Kier molecular flexibility index (Phi) is 5.20. The summed E-state index contributed by atoms with van der Waals surface area (Å²) in [6.45, 7) is 3.98. The molecule has 1 saturated heterocycles. The van der Waals surface area contributed by atoms with Gasteiger partial charge in [0.2, 0.25) is 11.9 Å². The van der Waals surface area contributed by atoms with Gasteiger partial charge < -0.3 is 10.6 Å². The first kappa shape index (κ1) is 17.0. The van der Waals surface area contributed by atoms with Crippen LogP contribution in [-0.4, -0.2) is 51.5 Å². The average molecular weight is 344 g/mol. The molecule has 128 valence electrons. The molecule has 0 bridgehead atoms. The molecular formula is C17H24N6S. The van der Waals surface area contributed by atoms with Crippen molar-refractivity contribution in [2.24, 2.45) is 0 Å². The van der Waals surface area contributed by atoms with Crippen molar-refractivity contribution in [1.29, 1.82) is 0 Å². The van der Waals surface area contributed by atoms with E-state index in [4.69, 9.17) is 5.73 Å². The van der Waals surface area contributed by atoms with Crippen molar-refractivity contribution >= 4 is 23.7 Å². The van der Waals surface area contributed by atoms with E-state index in [0.29, 0.717) is 23.8 Å². The standard InChI is InChI=1S/C17H24N6S/c1-12-15(13-7-5-4-6-8-13)23(9-10-24-12)11-14-19-16(18)21-17(20-14)22(2)3/h4-8,12,15H,9-11H2,1-3H3,(H2,18,19,20,21)/t12-,15-/m1/s1. The third kappa shape index (κ3) is 3.79. The summed E-state index contributed by atoms with van der Waals surface area (Å²) in [6, 6.07) is 11.0. The van der Waals surface area contributed by atoms with E-state index in [-0.39, 0.29) is 5.95 Å². The number of hydrogen-bond donors (Lipinski definition) is 1. The lowest BCUT2D eigenvalue weighted by Gasteiger charge is -2.39. The van der Waals surface area contributed by atoms with Crippen molar-refractivity contribution in [3.8, 4) is 0 Å². The van der Waals surface area contributed by atoms with Gasteiger partial charge in [-0.1, -0.05) is 37.3 Å². The number of aromatic nitrogens is 3. The number of thioether (sulfide) groups is 1. The number of benzene rings is 1. The quantitative estimate of drug-likeness (QED) is 0.911. The summed E-state index contributed by atoms with van der Waals surface area (Å²) in [7, 11) is 3.82. The van der Waals surface area contributed by atoms with Crippen LogP contribution >= 0.6 is 11.8 Å². The molecule has 6 nitrogen and oxygen atoms in total. The molecule has 0 aliphatic carbocycles. The van der Waals surface area contributed by atoms with E-state index in [1.54, 1.807) is 0 Å². The predicted molar refractivity (Wildman–Crippen MR) is 100 cm³/mol. The van der Waals surface area contributed by atoms with E-state index < -0.39 is 0 Å². The Balaban J connectivity index is 1.87. The average Bonchev–Trinajstić information content (AvgIpc) is 2.55. The molecule has 1 aromatic carbocycles. The van der Waals surface area contributed by atoms with Crippen LogP contribution in [0.1, 0.15) is 24.4 Å². The second-order valence-electron chi connectivity index (χ2n) is 6.21. The Morgan fingerprint density at radius 3 is 2.67 bits per heavy atom. The number of nitrogens with zero attached hydrogens (tertiary/aromatic N) is 5. The Bertz CT molecular complexity index is 678. The lowest BCUT2D eigenvalue weighted by molar-refractivity contribution is 0.187. The predicted octanol–water partition coefficient (Wildman–Crippen LogP) is 2.20. The van der Waals surface area contributed by atoms with Gasteiger partial charge >= 0.3 is 0 Å². The van der Waals surface area contributed by atoms with Crippen LogP contribution in [0.5, 0.6) is 0 Å². The van der Waals surface area contributed by atoms with Crippen LogP contribution in [0.2, 0.25) is 0 Å². The van der Waals surface area contributed by atoms with Crippen LogP contribution < -0.4 is 10.6 Å². The largest absolute Gasteiger partial charge is 0.368 e.